The van der Waals surface area contributed by atoms with Crippen molar-refractivity contribution in [3.05, 3.63) is 46.8 Å². The zero-order valence-corrected chi connectivity index (χ0v) is 13.2. The van der Waals surface area contributed by atoms with Crippen LogP contribution in [0.1, 0.15) is 22.2 Å². The van der Waals surface area contributed by atoms with Gasteiger partial charge in [-0.3, -0.25) is 15.6 Å². The summed E-state index contributed by atoms with van der Waals surface area (Å²) in [6, 6.07) is 11.2. The maximum atomic E-state index is 11.9. The number of hydrogen-bond donors (Lipinski definition) is 2. The van der Waals surface area contributed by atoms with Crippen molar-refractivity contribution in [2.24, 2.45) is 4.99 Å². The summed E-state index contributed by atoms with van der Waals surface area (Å²) in [5.74, 6) is 1.36. The first-order valence-corrected chi connectivity index (χ1v) is 8.51. The number of aryl methyl sites for hydroxylation is 1. The molecule has 0 spiro atoms. The van der Waals surface area contributed by atoms with Crippen LogP contribution in [0, 0.1) is 0 Å². The molecule has 1 aliphatic rings. The van der Waals surface area contributed by atoms with E-state index in [1.807, 2.05) is 18.2 Å². The van der Waals surface area contributed by atoms with E-state index in [1.54, 1.807) is 35.2 Å². The third kappa shape index (κ3) is 3.28. The highest BCUT2D eigenvalue weighted by Crippen LogP contribution is 2.40. The van der Waals surface area contributed by atoms with Gasteiger partial charge in [-0.1, -0.05) is 25.1 Å². The van der Waals surface area contributed by atoms with Gasteiger partial charge in [0.15, 0.2) is 0 Å². The van der Waals surface area contributed by atoms with Crippen LogP contribution in [0.4, 0.5) is 5.69 Å². The Hall–Kier alpha value is -1.79. The number of fused-ring (bicyclic) bond motifs is 1. The minimum Gasteiger partial charge on any atom is -0.284 e. The molecule has 0 saturated carbocycles. The smallest absolute Gasteiger partial charge is 0.269 e. The molecule has 21 heavy (non-hydrogen) atoms. The van der Waals surface area contributed by atoms with Crippen molar-refractivity contribution >= 4 is 40.5 Å². The van der Waals surface area contributed by atoms with Gasteiger partial charge in [0.25, 0.3) is 5.91 Å². The van der Waals surface area contributed by atoms with E-state index in [1.165, 1.54) is 9.09 Å². The summed E-state index contributed by atoms with van der Waals surface area (Å²) in [7, 11) is 0. The van der Waals surface area contributed by atoms with Gasteiger partial charge in [-0.05, 0) is 24.6 Å². The van der Waals surface area contributed by atoms with Gasteiger partial charge in [-0.2, -0.15) is 0 Å². The van der Waals surface area contributed by atoms with Crippen LogP contribution >= 0.6 is 23.1 Å². The molecule has 0 radical (unpaired) electrons. The lowest BCUT2D eigenvalue weighted by molar-refractivity contribution is 0.0943. The first-order valence-electron chi connectivity index (χ1n) is 6.70. The number of hydrogen-bond acceptors (Lipinski definition) is 5. The molecule has 0 atom stereocenters. The number of thiophene rings is 1. The van der Waals surface area contributed by atoms with Gasteiger partial charge in [0, 0.05) is 10.4 Å². The number of benzene rings is 1. The van der Waals surface area contributed by atoms with E-state index in [0.29, 0.717) is 5.56 Å². The molecule has 4 nitrogen and oxygen atoms in total. The zero-order valence-electron chi connectivity index (χ0n) is 11.6. The van der Waals surface area contributed by atoms with Crippen LogP contribution in [0.3, 0.4) is 0 Å². The third-order valence-corrected chi connectivity index (χ3v) is 5.59. The molecule has 0 saturated heterocycles. The number of rotatable bonds is 2. The number of nitrogens with one attached hydrogen (secondary N) is 2. The molecule has 108 valence electrons. The van der Waals surface area contributed by atoms with Crippen LogP contribution in [-0.2, 0) is 6.42 Å². The van der Waals surface area contributed by atoms with E-state index in [2.05, 4.69) is 28.8 Å². The van der Waals surface area contributed by atoms with Crippen LogP contribution in [0.2, 0.25) is 0 Å². The maximum Gasteiger partial charge on any atom is 0.269 e. The van der Waals surface area contributed by atoms with Crippen molar-refractivity contribution in [3.63, 3.8) is 0 Å². The van der Waals surface area contributed by atoms with E-state index in [-0.39, 0.29) is 5.91 Å². The van der Waals surface area contributed by atoms with Crippen LogP contribution in [0.5, 0.6) is 0 Å². The molecule has 0 fully saturated rings. The maximum absolute atomic E-state index is 11.9. The van der Waals surface area contributed by atoms with Crippen LogP contribution in [0.25, 0.3) is 0 Å². The number of amidine groups is 1. The molecule has 2 N–H and O–H groups in total. The fraction of sp³-hybridized carbons (Fsp3) is 0.200. The lowest BCUT2D eigenvalue weighted by atomic mass is 10.2. The van der Waals surface area contributed by atoms with Crippen molar-refractivity contribution < 1.29 is 4.79 Å². The quantitative estimate of drug-likeness (QED) is 0.835. The molecule has 1 aromatic heterocycles. The summed E-state index contributed by atoms with van der Waals surface area (Å²) in [4.78, 5) is 17.8. The van der Waals surface area contributed by atoms with E-state index in [9.17, 15) is 4.79 Å². The molecular weight excluding hydrogens is 302 g/mol. The molecule has 1 aliphatic heterocycles. The highest BCUT2D eigenvalue weighted by atomic mass is 32.2. The van der Waals surface area contributed by atoms with Crippen LogP contribution in [-0.4, -0.2) is 17.5 Å². The van der Waals surface area contributed by atoms with Crippen molar-refractivity contribution in [1.29, 1.82) is 0 Å². The van der Waals surface area contributed by atoms with Gasteiger partial charge < -0.3 is 0 Å². The summed E-state index contributed by atoms with van der Waals surface area (Å²) in [6.07, 6.45) is 1.03. The topological polar surface area (TPSA) is 53.5 Å². The standard InChI is InChI=1S/C15H15N3OS2/c1-2-11-8-12-15(21-11)20-9-13(16-12)17-18-14(19)10-6-4-3-5-7-10/h3-8H,2,9H2,1H3,(H,16,17)(H,18,19). The predicted octanol–water partition coefficient (Wildman–Crippen LogP) is 3.38. The molecule has 6 heteroatoms. The number of carbonyl (C=O) groups excluding carboxylic acids is 1. The fourth-order valence-electron chi connectivity index (χ4n) is 1.93. The number of nitrogens with zero attached hydrogens (tertiary/aromatic N) is 1. The molecule has 2 heterocycles. The molecule has 2 aromatic rings. The Bertz CT molecular complexity index is 679. The number of hydrazine groups is 1. The van der Waals surface area contributed by atoms with E-state index >= 15 is 0 Å². The van der Waals surface area contributed by atoms with Gasteiger partial charge in [0.05, 0.1) is 15.6 Å². The van der Waals surface area contributed by atoms with Gasteiger partial charge in [0.1, 0.15) is 5.84 Å². The monoisotopic (exact) mass is 317 g/mol. The van der Waals surface area contributed by atoms with Crippen LogP contribution < -0.4 is 10.9 Å². The van der Waals surface area contributed by atoms with Gasteiger partial charge in [-0.15, -0.1) is 23.1 Å². The average molecular weight is 317 g/mol. The first-order chi connectivity index (χ1) is 10.3. The highest BCUT2D eigenvalue weighted by molar-refractivity contribution is 8.02. The second-order valence-electron chi connectivity index (χ2n) is 4.53. The Kier molecular flexibility index (Phi) is 4.26. The number of thioether (sulfide) groups is 1. The highest BCUT2D eigenvalue weighted by Gasteiger charge is 2.16. The lowest BCUT2D eigenvalue weighted by Gasteiger charge is -2.14. The SMILES string of the molecule is CCc1cc2c(s1)SCC(NNC(=O)c1ccccc1)=N2. The van der Waals surface area contributed by atoms with Gasteiger partial charge in [-0.25, -0.2) is 4.99 Å². The summed E-state index contributed by atoms with van der Waals surface area (Å²) in [5, 5.41) is 0. The number of aliphatic imine (C=N–C) groups is 1. The zero-order chi connectivity index (χ0) is 14.7. The minimum absolute atomic E-state index is 0.159. The summed E-state index contributed by atoms with van der Waals surface area (Å²) < 4.78 is 1.26. The Morgan fingerprint density at radius 1 is 1.33 bits per heavy atom. The Balaban J connectivity index is 1.65. The molecular formula is C15H15N3OS2. The van der Waals surface area contributed by atoms with Crippen molar-refractivity contribution in [1.82, 2.24) is 10.9 Å². The number of carbonyl (C=O) groups is 1. The van der Waals surface area contributed by atoms with E-state index in [4.69, 9.17) is 0 Å². The molecule has 1 amide bonds. The molecule has 1 aromatic carbocycles. The van der Waals surface area contributed by atoms with Crippen LogP contribution in [0.15, 0.2) is 45.6 Å². The predicted molar refractivity (Wildman–Crippen MR) is 88.6 cm³/mol. The average Bonchev–Trinajstić information content (AvgIpc) is 2.95. The Morgan fingerprint density at radius 3 is 2.90 bits per heavy atom. The normalized spacial score (nSPS) is 13.3. The Labute approximate surface area is 131 Å². The summed E-state index contributed by atoms with van der Waals surface area (Å²) in [6.45, 7) is 2.14. The molecule has 0 bridgehead atoms. The summed E-state index contributed by atoms with van der Waals surface area (Å²) in [5.41, 5.74) is 7.24. The number of amides is 1. The van der Waals surface area contributed by atoms with E-state index < -0.39 is 0 Å². The van der Waals surface area contributed by atoms with E-state index in [0.717, 1.165) is 23.7 Å². The Morgan fingerprint density at radius 2 is 2.14 bits per heavy atom. The van der Waals surface area contributed by atoms with Crippen molar-refractivity contribution in [2.75, 3.05) is 5.75 Å². The largest absolute Gasteiger partial charge is 0.284 e. The van der Waals surface area contributed by atoms with Gasteiger partial charge >= 0.3 is 0 Å². The molecule has 0 aliphatic carbocycles. The molecule has 3 rings (SSSR count). The first kappa shape index (κ1) is 14.2. The minimum atomic E-state index is -0.159. The molecule has 0 unspecified atom stereocenters. The van der Waals surface area contributed by atoms with Gasteiger partial charge in [0.2, 0.25) is 0 Å². The summed E-state index contributed by atoms with van der Waals surface area (Å²) >= 11 is 3.55. The third-order valence-electron chi connectivity index (χ3n) is 3.03. The van der Waals surface area contributed by atoms with Crippen molar-refractivity contribution in [2.45, 2.75) is 17.6 Å². The fourth-order valence-corrected chi connectivity index (χ4v) is 4.09. The second-order valence-corrected chi connectivity index (χ2v) is 6.91. The second kappa shape index (κ2) is 6.32. The lowest BCUT2D eigenvalue weighted by Crippen LogP contribution is -2.42. The van der Waals surface area contributed by atoms with Crippen molar-refractivity contribution in [3.8, 4) is 0 Å².